The maximum absolute atomic E-state index is 14.5. The average Bonchev–Trinajstić information content (AvgIpc) is 2.93. The van der Waals surface area contributed by atoms with Crippen LogP contribution in [0.25, 0.3) is 5.65 Å². The smallest absolute Gasteiger partial charge is 0.277 e. The van der Waals surface area contributed by atoms with Gasteiger partial charge in [0, 0.05) is 12.3 Å². The molecule has 1 amide bonds. The Kier molecular flexibility index (Phi) is 3.99. The standard InChI is InChI=1S/C19H18FN3O3/c1-12-6-7-23-16(8-12)21-17(18(23)20)19(24)22-10-15(11-22)26-14-5-3-4-13(9-14)25-2/h3-9,15H,10-11H2,1-2H3. The summed E-state index contributed by atoms with van der Waals surface area (Å²) < 4.78 is 26.7. The van der Waals surface area contributed by atoms with Crippen LogP contribution in [0, 0.1) is 12.9 Å². The van der Waals surface area contributed by atoms with Crippen molar-refractivity contribution in [3.05, 3.63) is 59.8 Å². The molecule has 1 aliphatic rings. The van der Waals surface area contributed by atoms with Gasteiger partial charge in [0.25, 0.3) is 5.91 Å². The monoisotopic (exact) mass is 355 g/mol. The number of imidazole rings is 1. The number of hydrogen-bond donors (Lipinski definition) is 0. The summed E-state index contributed by atoms with van der Waals surface area (Å²) in [6.45, 7) is 2.68. The van der Waals surface area contributed by atoms with Gasteiger partial charge in [-0.05, 0) is 36.8 Å². The molecule has 0 N–H and O–H groups in total. The molecule has 0 radical (unpaired) electrons. The number of aryl methyl sites for hydroxylation is 1. The second-order valence-corrected chi connectivity index (χ2v) is 6.31. The normalized spacial score (nSPS) is 14.3. The molecule has 0 unspecified atom stereocenters. The number of benzene rings is 1. The lowest BCUT2D eigenvalue weighted by Crippen LogP contribution is -2.56. The highest BCUT2D eigenvalue weighted by Crippen LogP contribution is 2.24. The van der Waals surface area contributed by atoms with Crippen molar-refractivity contribution in [3.63, 3.8) is 0 Å². The molecule has 134 valence electrons. The van der Waals surface area contributed by atoms with E-state index >= 15 is 0 Å². The summed E-state index contributed by atoms with van der Waals surface area (Å²) in [7, 11) is 1.59. The molecule has 1 aliphatic heterocycles. The molecule has 3 aromatic rings. The number of pyridine rings is 1. The van der Waals surface area contributed by atoms with Crippen molar-refractivity contribution in [1.82, 2.24) is 14.3 Å². The summed E-state index contributed by atoms with van der Waals surface area (Å²) in [5.41, 5.74) is 1.23. The van der Waals surface area contributed by atoms with Crippen molar-refractivity contribution in [3.8, 4) is 11.5 Å². The fourth-order valence-electron chi connectivity index (χ4n) is 2.95. The molecule has 26 heavy (non-hydrogen) atoms. The number of methoxy groups -OCH3 is 1. The summed E-state index contributed by atoms with van der Waals surface area (Å²) in [6.07, 6.45) is 1.45. The number of amides is 1. The molecule has 0 spiro atoms. The molecule has 0 atom stereocenters. The average molecular weight is 355 g/mol. The van der Waals surface area contributed by atoms with E-state index in [0.29, 0.717) is 30.2 Å². The van der Waals surface area contributed by atoms with Gasteiger partial charge in [0.1, 0.15) is 23.3 Å². The summed E-state index contributed by atoms with van der Waals surface area (Å²) in [5.74, 6) is 0.323. The van der Waals surface area contributed by atoms with Gasteiger partial charge in [-0.3, -0.25) is 9.20 Å². The maximum atomic E-state index is 14.5. The van der Waals surface area contributed by atoms with E-state index in [1.54, 1.807) is 31.5 Å². The fourth-order valence-corrected chi connectivity index (χ4v) is 2.95. The second kappa shape index (κ2) is 6.33. The molecule has 0 saturated carbocycles. The minimum absolute atomic E-state index is 0.131. The minimum Gasteiger partial charge on any atom is -0.497 e. The molecule has 1 aromatic carbocycles. The Hall–Kier alpha value is -3.09. The molecular formula is C19H18FN3O3. The van der Waals surface area contributed by atoms with Gasteiger partial charge >= 0.3 is 0 Å². The third-order valence-corrected chi connectivity index (χ3v) is 4.41. The quantitative estimate of drug-likeness (QED) is 0.722. The number of aromatic nitrogens is 2. The fraction of sp³-hybridized carbons (Fsp3) is 0.263. The van der Waals surface area contributed by atoms with E-state index in [1.807, 2.05) is 25.1 Å². The third kappa shape index (κ3) is 2.85. The topological polar surface area (TPSA) is 56.1 Å². The molecule has 1 saturated heterocycles. The molecule has 0 aliphatic carbocycles. The van der Waals surface area contributed by atoms with Gasteiger partial charge < -0.3 is 14.4 Å². The number of carbonyl (C=O) groups is 1. The Balaban J connectivity index is 1.44. The number of likely N-dealkylation sites (tertiary alicyclic amines) is 1. The van der Waals surface area contributed by atoms with Gasteiger partial charge in [-0.2, -0.15) is 4.39 Å². The van der Waals surface area contributed by atoms with Crippen molar-refractivity contribution >= 4 is 11.6 Å². The molecule has 2 aromatic heterocycles. The SMILES string of the molecule is COc1cccc(OC2CN(C(=O)c3nc4cc(C)ccn4c3F)C2)c1. The van der Waals surface area contributed by atoms with Crippen LogP contribution in [0.1, 0.15) is 16.1 Å². The van der Waals surface area contributed by atoms with Gasteiger partial charge in [-0.25, -0.2) is 4.98 Å². The van der Waals surface area contributed by atoms with Gasteiger partial charge in [0.05, 0.1) is 20.2 Å². The van der Waals surface area contributed by atoms with Crippen LogP contribution >= 0.6 is 0 Å². The predicted molar refractivity (Wildman–Crippen MR) is 93.2 cm³/mol. The Morgan fingerprint density at radius 1 is 1.23 bits per heavy atom. The van der Waals surface area contributed by atoms with Crippen LogP contribution in [0.2, 0.25) is 0 Å². The van der Waals surface area contributed by atoms with Gasteiger partial charge in [0.2, 0.25) is 5.95 Å². The van der Waals surface area contributed by atoms with E-state index in [9.17, 15) is 9.18 Å². The first-order valence-electron chi connectivity index (χ1n) is 8.29. The van der Waals surface area contributed by atoms with Crippen molar-refractivity contribution < 1.29 is 18.7 Å². The van der Waals surface area contributed by atoms with Gasteiger partial charge in [0.15, 0.2) is 5.69 Å². The van der Waals surface area contributed by atoms with Crippen LogP contribution in [0.15, 0.2) is 42.6 Å². The van der Waals surface area contributed by atoms with Gasteiger partial charge in [-0.15, -0.1) is 0 Å². The lowest BCUT2D eigenvalue weighted by atomic mass is 10.1. The summed E-state index contributed by atoms with van der Waals surface area (Å²) in [4.78, 5) is 18.2. The molecule has 0 bridgehead atoms. The van der Waals surface area contributed by atoms with Gasteiger partial charge in [-0.1, -0.05) is 6.07 Å². The second-order valence-electron chi connectivity index (χ2n) is 6.31. The van der Waals surface area contributed by atoms with E-state index in [1.165, 1.54) is 9.30 Å². The Bertz CT molecular complexity index is 979. The van der Waals surface area contributed by atoms with Crippen LogP contribution in [0.3, 0.4) is 0 Å². The van der Waals surface area contributed by atoms with Crippen molar-refractivity contribution in [2.45, 2.75) is 13.0 Å². The van der Waals surface area contributed by atoms with Crippen LogP contribution in [0.4, 0.5) is 4.39 Å². The highest BCUT2D eigenvalue weighted by Gasteiger charge is 2.35. The Labute approximate surface area is 149 Å². The Morgan fingerprint density at radius 2 is 2.00 bits per heavy atom. The zero-order valence-electron chi connectivity index (χ0n) is 14.5. The van der Waals surface area contributed by atoms with Crippen LogP contribution < -0.4 is 9.47 Å². The van der Waals surface area contributed by atoms with Crippen molar-refractivity contribution in [2.24, 2.45) is 0 Å². The van der Waals surface area contributed by atoms with Crippen molar-refractivity contribution in [2.75, 3.05) is 20.2 Å². The summed E-state index contributed by atoms with van der Waals surface area (Å²) in [6, 6.07) is 10.8. The highest BCUT2D eigenvalue weighted by atomic mass is 19.1. The van der Waals surface area contributed by atoms with Crippen LogP contribution in [-0.2, 0) is 0 Å². The first kappa shape index (κ1) is 16.4. The molecule has 1 fully saturated rings. The first-order valence-corrected chi connectivity index (χ1v) is 8.29. The predicted octanol–water partition coefficient (Wildman–Crippen LogP) is 2.69. The minimum atomic E-state index is -0.637. The maximum Gasteiger partial charge on any atom is 0.277 e. The largest absolute Gasteiger partial charge is 0.497 e. The molecule has 6 nitrogen and oxygen atoms in total. The van der Waals surface area contributed by atoms with Crippen LogP contribution in [-0.4, -0.2) is 46.5 Å². The zero-order chi connectivity index (χ0) is 18.3. The third-order valence-electron chi connectivity index (χ3n) is 4.41. The number of hydrogen-bond acceptors (Lipinski definition) is 4. The number of rotatable bonds is 4. The number of fused-ring (bicyclic) bond motifs is 1. The molecule has 7 heteroatoms. The summed E-state index contributed by atoms with van der Waals surface area (Å²) in [5, 5.41) is 0. The number of ether oxygens (including phenoxy) is 2. The lowest BCUT2D eigenvalue weighted by Gasteiger charge is -2.38. The molecular weight excluding hydrogens is 337 g/mol. The lowest BCUT2D eigenvalue weighted by molar-refractivity contribution is 0.0169. The van der Waals surface area contributed by atoms with E-state index in [-0.39, 0.29) is 11.8 Å². The van der Waals surface area contributed by atoms with E-state index in [2.05, 4.69) is 4.98 Å². The van der Waals surface area contributed by atoms with E-state index < -0.39 is 11.9 Å². The summed E-state index contributed by atoms with van der Waals surface area (Å²) >= 11 is 0. The number of nitrogens with zero attached hydrogens (tertiary/aromatic N) is 3. The highest BCUT2D eigenvalue weighted by molar-refractivity contribution is 5.93. The molecule has 3 heterocycles. The van der Waals surface area contributed by atoms with Crippen molar-refractivity contribution in [1.29, 1.82) is 0 Å². The number of halogens is 1. The number of carbonyl (C=O) groups excluding carboxylic acids is 1. The van der Waals surface area contributed by atoms with E-state index in [4.69, 9.17) is 9.47 Å². The first-order chi connectivity index (χ1) is 12.5. The van der Waals surface area contributed by atoms with E-state index in [0.717, 1.165) is 5.56 Å². The van der Waals surface area contributed by atoms with Crippen LogP contribution in [0.5, 0.6) is 11.5 Å². The Morgan fingerprint density at radius 3 is 2.77 bits per heavy atom. The molecule has 4 rings (SSSR count). The zero-order valence-corrected chi connectivity index (χ0v) is 14.5.